The van der Waals surface area contributed by atoms with E-state index < -0.39 is 0 Å². The SMILES string of the molecule is CCC(C)N1CCN(c2ccc(C=O)cc2C)CC1. The number of anilines is 1. The van der Waals surface area contributed by atoms with Crippen LogP contribution >= 0.6 is 0 Å². The molecule has 0 amide bonds. The first kappa shape index (κ1) is 14.1. The van der Waals surface area contributed by atoms with Gasteiger partial charge in [0, 0.05) is 43.5 Å². The summed E-state index contributed by atoms with van der Waals surface area (Å²) < 4.78 is 0. The van der Waals surface area contributed by atoms with E-state index in [0.29, 0.717) is 6.04 Å². The molecule has 0 aliphatic carbocycles. The summed E-state index contributed by atoms with van der Waals surface area (Å²) in [6.07, 6.45) is 2.13. The summed E-state index contributed by atoms with van der Waals surface area (Å²) in [4.78, 5) is 15.8. The lowest BCUT2D eigenvalue weighted by Crippen LogP contribution is -2.49. The molecule has 3 nitrogen and oxygen atoms in total. The van der Waals surface area contributed by atoms with Crippen molar-refractivity contribution in [3.05, 3.63) is 29.3 Å². The molecule has 0 spiro atoms. The maximum Gasteiger partial charge on any atom is 0.150 e. The molecule has 0 aromatic heterocycles. The third kappa shape index (κ3) is 3.16. The van der Waals surface area contributed by atoms with Crippen molar-refractivity contribution in [2.75, 3.05) is 31.1 Å². The highest BCUT2D eigenvalue weighted by Gasteiger charge is 2.21. The van der Waals surface area contributed by atoms with Crippen molar-refractivity contribution in [3.63, 3.8) is 0 Å². The quantitative estimate of drug-likeness (QED) is 0.778. The van der Waals surface area contributed by atoms with Crippen molar-refractivity contribution < 1.29 is 4.79 Å². The number of nitrogens with zero attached hydrogens (tertiary/aromatic N) is 2. The van der Waals surface area contributed by atoms with Crippen molar-refractivity contribution in [1.82, 2.24) is 4.90 Å². The number of rotatable bonds is 4. The monoisotopic (exact) mass is 260 g/mol. The largest absolute Gasteiger partial charge is 0.369 e. The van der Waals surface area contributed by atoms with E-state index in [1.54, 1.807) is 0 Å². The Kier molecular flexibility index (Phi) is 4.59. The Labute approximate surface area is 116 Å². The van der Waals surface area contributed by atoms with E-state index in [9.17, 15) is 4.79 Å². The van der Waals surface area contributed by atoms with Gasteiger partial charge in [-0.05, 0) is 44.0 Å². The summed E-state index contributed by atoms with van der Waals surface area (Å²) in [6.45, 7) is 11.0. The Morgan fingerprint density at radius 3 is 2.47 bits per heavy atom. The summed E-state index contributed by atoms with van der Waals surface area (Å²) in [5.41, 5.74) is 3.23. The van der Waals surface area contributed by atoms with Crippen molar-refractivity contribution in [1.29, 1.82) is 0 Å². The first-order chi connectivity index (χ1) is 9.15. The zero-order chi connectivity index (χ0) is 13.8. The summed E-state index contributed by atoms with van der Waals surface area (Å²) in [5.74, 6) is 0. The Morgan fingerprint density at radius 2 is 1.95 bits per heavy atom. The molecule has 1 heterocycles. The number of aldehydes is 1. The van der Waals surface area contributed by atoms with Crippen LogP contribution in [0.1, 0.15) is 36.2 Å². The number of benzene rings is 1. The molecule has 19 heavy (non-hydrogen) atoms. The molecule has 0 bridgehead atoms. The van der Waals surface area contributed by atoms with Gasteiger partial charge < -0.3 is 4.90 Å². The highest BCUT2D eigenvalue weighted by Crippen LogP contribution is 2.22. The van der Waals surface area contributed by atoms with E-state index in [1.165, 1.54) is 17.7 Å². The molecule has 1 aromatic carbocycles. The van der Waals surface area contributed by atoms with E-state index >= 15 is 0 Å². The van der Waals surface area contributed by atoms with Crippen LogP contribution in [-0.4, -0.2) is 43.4 Å². The Hall–Kier alpha value is -1.35. The number of carbonyl (C=O) groups excluding carboxylic acids is 1. The molecule has 1 fully saturated rings. The van der Waals surface area contributed by atoms with E-state index in [4.69, 9.17) is 0 Å². The second kappa shape index (κ2) is 6.20. The maximum absolute atomic E-state index is 10.8. The van der Waals surface area contributed by atoms with Gasteiger partial charge in [-0.25, -0.2) is 0 Å². The lowest BCUT2D eigenvalue weighted by atomic mass is 10.1. The van der Waals surface area contributed by atoms with Gasteiger partial charge in [-0.1, -0.05) is 6.92 Å². The van der Waals surface area contributed by atoms with Crippen LogP contribution in [0.15, 0.2) is 18.2 Å². The zero-order valence-corrected chi connectivity index (χ0v) is 12.2. The summed E-state index contributed by atoms with van der Waals surface area (Å²) in [6, 6.07) is 6.65. The smallest absolute Gasteiger partial charge is 0.150 e. The van der Waals surface area contributed by atoms with Crippen molar-refractivity contribution in [2.45, 2.75) is 33.2 Å². The van der Waals surface area contributed by atoms with Gasteiger partial charge >= 0.3 is 0 Å². The van der Waals surface area contributed by atoms with Gasteiger partial charge in [0.1, 0.15) is 6.29 Å². The molecule has 0 N–H and O–H groups in total. The molecule has 1 unspecified atom stereocenters. The fourth-order valence-electron chi connectivity index (χ4n) is 2.77. The highest BCUT2D eigenvalue weighted by atomic mass is 16.1. The number of hydrogen-bond donors (Lipinski definition) is 0. The van der Waals surface area contributed by atoms with Gasteiger partial charge in [0.15, 0.2) is 0 Å². The standard InChI is InChI=1S/C16H24N2O/c1-4-14(3)17-7-9-18(10-8-17)16-6-5-15(12-19)11-13(16)2/h5-6,11-12,14H,4,7-10H2,1-3H3. The highest BCUT2D eigenvalue weighted by molar-refractivity contribution is 5.77. The molecule has 0 radical (unpaired) electrons. The average molecular weight is 260 g/mol. The molecule has 104 valence electrons. The van der Waals surface area contributed by atoms with Crippen LogP contribution in [0, 0.1) is 6.92 Å². The molecular formula is C16H24N2O. The van der Waals surface area contributed by atoms with Crippen molar-refractivity contribution in [3.8, 4) is 0 Å². The third-order valence-electron chi connectivity index (χ3n) is 4.23. The average Bonchev–Trinajstić information content (AvgIpc) is 2.46. The lowest BCUT2D eigenvalue weighted by molar-refractivity contribution is 0.112. The van der Waals surface area contributed by atoms with Gasteiger partial charge in [0.25, 0.3) is 0 Å². The van der Waals surface area contributed by atoms with Gasteiger partial charge in [-0.15, -0.1) is 0 Å². The Bertz CT molecular complexity index is 436. The molecule has 1 aliphatic heterocycles. The molecule has 3 heteroatoms. The summed E-state index contributed by atoms with van der Waals surface area (Å²) >= 11 is 0. The predicted molar refractivity (Wildman–Crippen MR) is 80.1 cm³/mol. The van der Waals surface area contributed by atoms with Crippen molar-refractivity contribution >= 4 is 12.0 Å². The molecule has 1 aromatic rings. The fraction of sp³-hybridized carbons (Fsp3) is 0.562. The fourth-order valence-corrected chi connectivity index (χ4v) is 2.77. The maximum atomic E-state index is 10.8. The van der Waals surface area contributed by atoms with Crippen LogP contribution < -0.4 is 4.90 Å². The second-order valence-electron chi connectivity index (χ2n) is 5.44. The van der Waals surface area contributed by atoms with E-state index in [-0.39, 0.29) is 0 Å². The molecular weight excluding hydrogens is 236 g/mol. The minimum absolute atomic E-state index is 0.681. The van der Waals surface area contributed by atoms with Crippen LogP contribution in [0.4, 0.5) is 5.69 Å². The molecule has 2 rings (SSSR count). The van der Waals surface area contributed by atoms with Gasteiger partial charge in [-0.2, -0.15) is 0 Å². The van der Waals surface area contributed by atoms with E-state index in [2.05, 4.69) is 36.6 Å². The van der Waals surface area contributed by atoms with Crippen LogP contribution in [0.5, 0.6) is 0 Å². The van der Waals surface area contributed by atoms with Crippen LogP contribution in [0.3, 0.4) is 0 Å². The topological polar surface area (TPSA) is 23.6 Å². The predicted octanol–water partition coefficient (Wildman–Crippen LogP) is 2.73. The second-order valence-corrected chi connectivity index (χ2v) is 5.44. The van der Waals surface area contributed by atoms with E-state index in [1.807, 2.05) is 12.1 Å². The third-order valence-corrected chi connectivity index (χ3v) is 4.23. The number of hydrogen-bond acceptors (Lipinski definition) is 3. The molecule has 1 saturated heterocycles. The first-order valence-corrected chi connectivity index (χ1v) is 7.20. The summed E-state index contributed by atoms with van der Waals surface area (Å²) in [5, 5.41) is 0. The molecule has 1 aliphatic rings. The number of carbonyl (C=O) groups is 1. The number of piperazine rings is 1. The van der Waals surface area contributed by atoms with E-state index in [0.717, 1.165) is 38.0 Å². The minimum atomic E-state index is 0.681. The Morgan fingerprint density at radius 1 is 1.26 bits per heavy atom. The van der Waals surface area contributed by atoms with Gasteiger partial charge in [0.2, 0.25) is 0 Å². The normalized spacial score (nSPS) is 18.4. The van der Waals surface area contributed by atoms with Gasteiger partial charge in [-0.3, -0.25) is 9.69 Å². The Balaban J connectivity index is 2.03. The zero-order valence-electron chi connectivity index (χ0n) is 12.2. The van der Waals surface area contributed by atoms with Gasteiger partial charge in [0.05, 0.1) is 0 Å². The molecule has 0 saturated carbocycles. The van der Waals surface area contributed by atoms with Crippen LogP contribution in [-0.2, 0) is 0 Å². The van der Waals surface area contributed by atoms with Crippen LogP contribution in [0.2, 0.25) is 0 Å². The lowest BCUT2D eigenvalue weighted by Gasteiger charge is -2.39. The summed E-state index contributed by atoms with van der Waals surface area (Å²) in [7, 11) is 0. The first-order valence-electron chi connectivity index (χ1n) is 7.20. The minimum Gasteiger partial charge on any atom is -0.369 e. The molecule has 1 atom stereocenters. The van der Waals surface area contributed by atoms with Crippen LogP contribution in [0.25, 0.3) is 0 Å². The van der Waals surface area contributed by atoms with Crippen molar-refractivity contribution in [2.24, 2.45) is 0 Å². The number of aryl methyl sites for hydroxylation is 1.